The number of aryl methyl sites for hydroxylation is 2. The summed E-state index contributed by atoms with van der Waals surface area (Å²) in [7, 11) is 0. The molecule has 0 atom stereocenters. The average molecular weight is 351 g/mol. The van der Waals surface area contributed by atoms with Crippen molar-refractivity contribution >= 4 is 23.8 Å². The number of hydrogen-bond donors (Lipinski definition) is 3. The highest BCUT2D eigenvalue weighted by molar-refractivity contribution is 6.24. The minimum Gasteiger partial charge on any atom is -0.326 e. The highest BCUT2D eigenvalue weighted by atomic mass is 16.2. The summed E-state index contributed by atoms with van der Waals surface area (Å²) in [6, 6.07) is 12.2. The van der Waals surface area contributed by atoms with Crippen molar-refractivity contribution in [2.75, 3.05) is 0 Å². The number of imide groups is 2. The molecular formula is C19H17N3O4. The SMILES string of the molecule is Cc1ccc(C(=O)NC2(c3ccccc3)C(=O)NC(=O)NC2=O)cc1C. The van der Waals surface area contributed by atoms with Crippen molar-refractivity contribution in [1.29, 1.82) is 0 Å². The molecule has 0 radical (unpaired) electrons. The summed E-state index contributed by atoms with van der Waals surface area (Å²) in [5, 5.41) is 6.62. The number of hydrogen-bond acceptors (Lipinski definition) is 4. The molecule has 5 amide bonds. The Hall–Kier alpha value is -3.48. The molecule has 0 aliphatic carbocycles. The van der Waals surface area contributed by atoms with Gasteiger partial charge in [0, 0.05) is 5.56 Å². The molecule has 1 fully saturated rings. The van der Waals surface area contributed by atoms with E-state index in [0.717, 1.165) is 11.1 Å². The highest BCUT2D eigenvalue weighted by Crippen LogP contribution is 2.25. The van der Waals surface area contributed by atoms with Crippen LogP contribution in [0.2, 0.25) is 0 Å². The number of amides is 5. The lowest BCUT2D eigenvalue weighted by atomic mass is 9.86. The van der Waals surface area contributed by atoms with Gasteiger partial charge in [-0.15, -0.1) is 0 Å². The lowest BCUT2D eigenvalue weighted by molar-refractivity contribution is -0.139. The summed E-state index contributed by atoms with van der Waals surface area (Å²) in [4.78, 5) is 49.5. The molecule has 132 valence electrons. The Morgan fingerprint density at radius 1 is 0.885 bits per heavy atom. The number of carbonyl (C=O) groups excluding carboxylic acids is 4. The topological polar surface area (TPSA) is 104 Å². The number of rotatable bonds is 3. The maximum Gasteiger partial charge on any atom is 0.328 e. The van der Waals surface area contributed by atoms with E-state index in [9.17, 15) is 19.2 Å². The van der Waals surface area contributed by atoms with Gasteiger partial charge in [0.15, 0.2) is 0 Å². The second kappa shape index (κ2) is 6.44. The van der Waals surface area contributed by atoms with Crippen LogP contribution in [0.1, 0.15) is 27.0 Å². The van der Waals surface area contributed by atoms with Gasteiger partial charge in [-0.25, -0.2) is 4.79 Å². The zero-order chi connectivity index (χ0) is 18.9. The second-order valence-corrected chi connectivity index (χ2v) is 6.11. The van der Waals surface area contributed by atoms with Crippen LogP contribution in [-0.4, -0.2) is 23.8 Å². The third-order valence-corrected chi connectivity index (χ3v) is 4.41. The van der Waals surface area contributed by atoms with Crippen LogP contribution < -0.4 is 16.0 Å². The molecule has 1 heterocycles. The van der Waals surface area contributed by atoms with Gasteiger partial charge in [-0.1, -0.05) is 36.4 Å². The van der Waals surface area contributed by atoms with Crippen LogP contribution in [0, 0.1) is 13.8 Å². The zero-order valence-electron chi connectivity index (χ0n) is 14.3. The van der Waals surface area contributed by atoms with Crippen molar-refractivity contribution in [2.24, 2.45) is 0 Å². The van der Waals surface area contributed by atoms with Gasteiger partial charge in [0.2, 0.25) is 5.54 Å². The Morgan fingerprint density at radius 2 is 1.50 bits per heavy atom. The van der Waals surface area contributed by atoms with E-state index in [1.165, 1.54) is 12.1 Å². The van der Waals surface area contributed by atoms with Crippen molar-refractivity contribution in [3.05, 3.63) is 70.8 Å². The zero-order valence-corrected chi connectivity index (χ0v) is 14.3. The van der Waals surface area contributed by atoms with E-state index in [1.807, 2.05) is 13.8 Å². The number of carbonyl (C=O) groups is 4. The van der Waals surface area contributed by atoms with Gasteiger partial charge in [-0.05, 0) is 42.7 Å². The minimum atomic E-state index is -2.04. The number of benzene rings is 2. The van der Waals surface area contributed by atoms with Crippen LogP contribution in [-0.2, 0) is 15.1 Å². The fourth-order valence-electron chi connectivity index (χ4n) is 2.79. The van der Waals surface area contributed by atoms with Crippen molar-refractivity contribution < 1.29 is 19.2 Å². The molecule has 0 unspecified atom stereocenters. The molecule has 0 bridgehead atoms. The van der Waals surface area contributed by atoms with Gasteiger partial charge >= 0.3 is 6.03 Å². The van der Waals surface area contributed by atoms with E-state index in [4.69, 9.17) is 0 Å². The molecule has 1 aliphatic heterocycles. The maximum atomic E-state index is 12.8. The first-order valence-electron chi connectivity index (χ1n) is 7.97. The molecule has 3 rings (SSSR count). The summed E-state index contributed by atoms with van der Waals surface area (Å²) in [6.07, 6.45) is 0. The lowest BCUT2D eigenvalue weighted by Crippen LogP contribution is -2.71. The first-order chi connectivity index (χ1) is 12.3. The van der Waals surface area contributed by atoms with Gasteiger partial charge in [0.05, 0.1) is 0 Å². The fraction of sp³-hybridized carbons (Fsp3) is 0.158. The summed E-state index contributed by atoms with van der Waals surface area (Å²) in [5.41, 5.74) is 0.434. The third kappa shape index (κ3) is 2.83. The van der Waals surface area contributed by atoms with Crippen LogP contribution in [0.15, 0.2) is 48.5 Å². The maximum absolute atomic E-state index is 12.8. The first-order valence-corrected chi connectivity index (χ1v) is 7.97. The smallest absolute Gasteiger partial charge is 0.326 e. The fourth-order valence-corrected chi connectivity index (χ4v) is 2.79. The van der Waals surface area contributed by atoms with Gasteiger partial charge in [-0.2, -0.15) is 0 Å². The van der Waals surface area contributed by atoms with E-state index in [-0.39, 0.29) is 5.56 Å². The van der Waals surface area contributed by atoms with E-state index in [1.54, 1.807) is 36.4 Å². The summed E-state index contributed by atoms with van der Waals surface area (Å²) in [6.45, 7) is 3.77. The molecule has 2 aromatic rings. The molecule has 1 saturated heterocycles. The Labute approximate surface area is 149 Å². The van der Waals surface area contributed by atoms with Crippen molar-refractivity contribution in [1.82, 2.24) is 16.0 Å². The monoisotopic (exact) mass is 351 g/mol. The molecule has 2 aromatic carbocycles. The average Bonchev–Trinajstić information content (AvgIpc) is 2.61. The molecule has 3 N–H and O–H groups in total. The van der Waals surface area contributed by atoms with E-state index < -0.39 is 29.3 Å². The van der Waals surface area contributed by atoms with Crippen LogP contribution in [0.5, 0.6) is 0 Å². The number of urea groups is 1. The minimum absolute atomic E-state index is 0.250. The molecule has 26 heavy (non-hydrogen) atoms. The normalized spacial score (nSPS) is 15.8. The van der Waals surface area contributed by atoms with E-state index >= 15 is 0 Å². The Balaban J connectivity index is 2.06. The van der Waals surface area contributed by atoms with Crippen molar-refractivity contribution in [3.8, 4) is 0 Å². The number of barbiturate groups is 1. The number of nitrogens with one attached hydrogen (secondary N) is 3. The van der Waals surface area contributed by atoms with Gasteiger partial charge in [0.1, 0.15) is 0 Å². The highest BCUT2D eigenvalue weighted by Gasteiger charge is 2.53. The molecule has 7 heteroatoms. The standard InChI is InChI=1S/C19H17N3O4/c1-11-8-9-13(10-12(11)2)15(23)22-19(14-6-4-3-5-7-14)16(24)20-18(26)21-17(19)25/h3-10H,1-2H3,(H,22,23)(H2,20,21,24,25,26). The van der Waals surface area contributed by atoms with Gasteiger partial charge in [0.25, 0.3) is 17.7 Å². The van der Waals surface area contributed by atoms with E-state index in [2.05, 4.69) is 16.0 Å². The van der Waals surface area contributed by atoms with Crippen LogP contribution in [0.3, 0.4) is 0 Å². The Morgan fingerprint density at radius 3 is 2.08 bits per heavy atom. The summed E-state index contributed by atoms with van der Waals surface area (Å²) >= 11 is 0. The van der Waals surface area contributed by atoms with Crippen molar-refractivity contribution in [3.63, 3.8) is 0 Å². The molecule has 0 spiro atoms. The molecule has 0 aromatic heterocycles. The summed E-state index contributed by atoms with van der Waals surface area (Å²) < 4.78 is 0. The van der Waals surface area contributed by atoms with Crippen molar-refractivity contribution in [2.45, 2.75) is 19.4 Å². The van der Waals surface area contributed by atoms with Gasteiger partial charge < -0.3 is 5.32 Å². The predicted molar refractivity (Wildman–Crippen MR) is 93.2 cm³/mol. The van der Waals surface area contributed by atoms with Crippen LogP contribution in [0.4, 0.5) is 4.79 Å². The molecule has 7 nitrogen and oxygen atoms in total. The largest absolute Gasteiger partial charge is 0.328 e. The third-order valence-electron chi connectivity index (χ3n) is 4.41. The lowest BCUT2D eigenvalue weighted by Gasteiger charge is -2.34. The second-order valence-electron chi connectivity index (χ2n) is 6.11. The molecular weight excluding hydrogens is 334 g/mol. The van der Waals surface area contributed by atoms with Gasteiger partial charge in [-0.3, -0.25) is 25.0 Å². The Kier molecular flexibility index (Phi) is 4.29. The summed E-state index contributed by atoms with van der Waals surface area (Å²) in [5.74, 6) is -2.42. The molecule has 1 aliphatic rings. The molecule has 0 saturated carbocycles. The quantitative estimate of drug-likeness (QED) is 0.725. The van der Waals surface area contributed by atoms with E-state index in [0.29, 0.717) is 5.56 Å². The van der Waals surface area contributed by atoms with Crippen LogP contribution >= 0.6 is 0 Å². The van der Waals surface area contributed by atoms with Crippen LogP contribution in [0.25, 0.3) is 0 Å². The first kappa shape index (κ1) is 17.3. The predicted octanol–water partition coefficient (Wildman–Crippen LogP) is 1.29. The Bertz CT molecular complexity index is 902.